The van der Waals surface area contributed by atoms with E-state index in [9.17, 15) is 0 Å². The molecule has 0 spiro atoms. The molecule has 2 rings (SSSR count). The van der Waals surface area contributed by atoms with Crippen LogP contribution in [0.2, 0.25) is 0 Å². The zero-order valence-corrected chi connectivity index (χ0v) is 12.6. The molecule has 2 heteroatoms. The zero-order chi connectivity index (χ0) is 15.9. The number of pyridine rings is 2. The summed E-state index contributed by atoms with van der Waals surface area (Å²) in [5.74, 6) is 0. The smallest absolute Gasteiger partial charge is 0.0623 e. The molecule has 0 fully saturated rings. The van der Waals surface area contributed by atoms with Gasteiger partial charge in [-0.3, -0.25) is 9.97 Å². The lowest BCUT2D eigenvalue weighted by Gasteiger charge is -1.84. The third-order valence-corrected chi connectivity index (χ3v) is 2.14. The van der Waals surface area contributed by atoms with Crippen molar-refractivity contribution >= 4 is 12.2 Å². The summed E-state index contributed by atoms with van der Waals surface area (Å²) < 4.78 is 0. The van der Waals surface area contributed by atoms with Crippen molar-refractivity contribution in [1.29, 1.82) is 0 Å². The van der Waals surface area contributed by atoms with Gasteiger partial charge in [-0.2, -0.15) is 0 Å². The van der Waals surface area contributed by atoms with Crippen LogP contribution in [-0.4, -0.2) is 9.97 Å². The Bertz CT molecular complexity index is 499. The van der Waals surface area contributed by atoms with Gasteiger partial charge in [-0.05, 0) is 43.3 Å². The molecule has 0 aliphatic heterocycles. The van der Waals surface area contributed by atoms with Crippen LogP contribution in [0, 0.1) is 0 Å². The van der Waals surface area contributed by atoms with Crippen LogP contribution in [0.3, 0.4) is 0 Å². The summed E-state index contributed by atoms with van der Waals surface area (Å²) in [4.78, 5) is 7.96. The first-order chi connectivity index (χ1) is 10.1. The van der Waals surface area contributed by atoms with Crippen LogP contribution in [0.15, 0.2) is 86.8 Å². The second-order valence-corrected chi connectivity index (χ2v) is 3.97. The summed E-state index contributed by atoms with van der Waals surface area (Å²) in [5, 5.41) is 0. The minimum absolute atomic E-state index is 0.924. The quantitative estimate of drug-likeness (QED) is 0.721. The summed E-state index contributed by atoms with van der Waals surface area (Å²) in [7, 11) is 0. The van der Waals surface area contributed by atoms with Crippen molar-refractivity contribution in [2.45, 2.75) is 6.92 Å². The molecule has 21 heavy (non-hydrogen) atoms. The Morgan fingerprint density at radius 3 is 1.38 bits per heavy atom. The lowest BCUT2D eigenvalue weighted by molar-refractivity contribution is 1.30. The van der Waals surface area contributed by atoms with E-state index in [1.165, 1.54) is 0 Å². The lowest BCUT2D eigenvalue weighted by atomic mass is 10.4. The number of hydrogen-bond donors (Lipinski definition) is 0. The maximum atomic E-state index is 3.98. The SMILES string of the molecule is C=CC(=C)C.C=Cc1ccccn1.C=Cc1ccccn1. The average Bonchev–Trinajstić information content (AvgIpc) is 2.57. The van der Waals surface area contributed by atoms with Crippen LogP contribution < -0.4 is 0 Å². The normalized spacial score (nSPS) is 8.05. The Morgan fingerprint density at radius 1 is 0.857 bits per heavy atom. The van der Waals surface area contributed by atoms with Gasteiger partial charge in [0.05, 0.1) is 11.4 Å². The van der Waals surface area contributed by atoms with E-state index in [4.69, 9.17) is 0 Å². The molecule has 0 atom stereocenters. The average molecular weight is 278 g/mol. The Balaban J connectivity index is 0.000000296. The molecule has 0 amide bonds. The second-order valence-electron chi connectivity index (χ2n) is 3.97. The van der Waals surface area contributed by atoms with E-state index in [0.717, 1.165) is 17.0 Å². The highest BCUT2D eigenvalue weighted by Crippen LogP contribution is 1.92. The predicted molar refractivity (Wildman–Crippen MR) is 93.7 cm³/mol. The molecular weight excluding hydrogens is 256 g/mol. The van der Waals surface area contributed by atoms with Gasteiger partial charge in [0.15, 0.2) is 0 Å². The van der Waals surface area contributed by atoms with E-state index in [0.29, 0.717) is 0 Å². The number of nitrogens with zero attached hydrogens (tertiary/aromatic N) is 2. The molecule has 0 bridgehead atoms. The van der Waals surface area contributed by atoms with Crippen LogP contribution in [0.1, 0.15) is 18.3 Å². The zero-order valence-electron chi connectivity index (χ0n) is 12.6. The van der Waals surface area contributed by atoms with E-state index in [-0.39, 0.29) is 0 Å². The summed E-state index contributed by atoms with van der Waals surface area (Å²) in [5.41, 5.74) is 2.87. The number of rotatable bonds is 3. The minimum Gasteiger partial charge on any atom is -0.257 e. The predicted octanol–water partition coefficient (Wildman–Crippen LogP) is 5.20. The van der Waals surface area contributed by atoms with Gasteiger partial charge < -0.3 is 0 Å². The highest BCUT2D eigenvalue weighted by Gasteiger charge is 1.78. The number of allylic oxidation sites excluding steroid dienone is 2. The number of aromatic nitrogens is 2. The van der Waals surface area contributed by atoms with Gasteiger partial charge in [-0.1, -0.05) is 50.1 Å². The first-order valence-electron chi connectivity index (χ1n) is 6.49. The Kier molecular flexibility index (Phi) is 10.7. The van der Waals surface area contributed by atoms with Gasteiger partial charge in [-0.25, -0.2) is 0 Å². The topological polar surface area (TPSA) is 25.8 Å². The van der Waals surface area contributed by atoms with Crippen molar-refractivity contribution in [3.05, 3.63) is 98.1 Å². The van der Waals surface area contributed by atoms with E-state index in [1.54, 1.807) is 30.6 Å². The molecule has 0 saturated carbocycles. The molecule has 0 unspecified atom stereocenters. The second kappa shape index (κ2) is 12.3. The van der Waals surface area contributed by atoms with E-state index < -0.39 is 0 Å². The first kappa shape index (κ1) is 18.3. The maximum absolute atomic E-state index is 3.98. The summed E-state index contributed by atoms with van der Waals surface area (Å²) in [6.45, 7) is 16.1. The fourth-order valence-corrected chi connectivity index (χ4v) is 0.993. The van der Waals surface area contributed by atoms with Gasteiger partial charge >= 0.3 is 0 Å². The molecule has 0 saturated heterocycles. The van der Waals surface area contributed by atoms with Crippen molar-refractivity contribution in [1.82, 2.24) is 9.97 Å². The van der Waals surface area contributed by atoms with E-state index in [1.807, 2.05) is 43.3 Å². The fourth-order valence-electron chi connectivity index (χ4n) is 0.993. The molecule has 2 nitrogen and oxygen atoms in total. The Hall–Kier alpha value is -2.74. The summed E-state index contributed by atoms with van der Waals surface area (Å²) >= 11 is 0. The molecule has 0 aromatic carbocycles. The number of hydrogen-bond acceptors (Lipinski definition) is 2. The lowest BCUT2D eigenvalue weighted by Crippen LogP contribution is -1.73. The maximum Gasteiger partial charge on any atom is 0.0623 e. The minimum atomic E-state index is 0.924. The monoisotopic (exact) mass is 278 g/mol. The Morgan fingerprint density at radius 2 is 1.24 bits per heavy atom. The molecule has 0 radical (unpaired) electrons. The van der Waals surface area contributed by atoms with Crippen LogP contribution in [-0.2, 0) is 0 Å². The third-order valence-electron chi connectivity index (χ3n) is 2.14. The van der Waals surface area contributed by atoms with Gasteiger partial charge in [0.1, 0.15) is 0 Å². The highest BCUT2D eigenvalue weighted by molar-refractivity contribution is 5.40. The van der Waals surface area contributed by atoms with Crippen LogP contribution >= 0.6 is 0 Å². The molecule has 0 aliphatic carbocycles. The Labute approximate surface area is 127 Å². The van der Waals surface area contributed by atoms with Gasteiger partial charge in [0, 0.05) is 12.4 Å². The molecular formula is C19H22N2. The largest absolute Gasteiger partial charge is 0.257 e. The van der Waals surface area contributed by atoms with Gasteiger partial charge in [-0.15, -0.1) is 0 Å². The van der Waals surface area contributed by atoms with Crippen LogP contribution in [0.25, 0.3) is 12.2 Å². The summed E-state index contributed by atoms with van der Waals surface area (Å²) in [6.07, 6.45) is 8.66. The van der Waals surface area contributed by atoms with E-state index >= 15 is 0 Å². The molecule has 108 valence electrons. The standard InChI is InChI=1S/2C7H7N.C5H8/c2*1-2-7-5-3-4-6-8-7;1-4-5(2)3/h2*2-6H,1H2;4H,1-2H2,3H3. The van der Waals surface area contributed by atoms with Crippen molar-refractivity contribution in [3.63, 3.8) is 0 Å². The van der Waals surface area contributed by atoms with Gasteiger partial charge in [0.2, 0.25) is 0 Å². The van der Waals surface area contributed by atoms with Crippen molar-refractivity contribution in [2.24, 2.45) is 0 Å². The highest BCUT2D eigenvalue weighted by atomic mass is 14.6. The first-order valence-corrected chi connectivity index (χ1v) is 6.49. The van der Waals surface area contributed by atoms with Crippen molar-refractivity contribution in [2.75, 3.05) is 0 Å². The fraction of sp³-hybridized carbons (Fsp3) is 0.0526. The molecule has 0 N–H and O–H groups in total. The van der Waals surface area contributed by atoms with Gasteiger partial charge in [0.25, 0.3) is 0 Å². The third kappa shape index (κ3) is 10.8. The van der Waals surface area contributed by atoms with Crippen molar-refractivity contribution in [3.8, 4) is 0 Å². The summed E-state index contributed by atoms with van der Waals surface area (Å²) in [6, 6.07) is 11.5. The molecule has 2 aromatic rings. The molecule has 2 heterocycles. The van der Waals surface area contributed by atoms with Crippen LogP contribution in [0.5, 0.6) is 0 Å². The molecule has 0 aliphatic rings. The van der Waals surface area contributed by atoms with Crippen LogP contribution in [0.4, 0.5) is 0 Å². The van der Waals surface area contributed by atoms with E-state index in [2.05, 4.69) is 36.3 Å². The van der Waals surface area contributed by atoms with Crippen molar-refractivity contribution < 1.29 is 0 Å². The molecule has 2 aromatic heterocycles.